The number of fused-ring (bicyclic) bond motifs is 1. The molecule has 0 spiro atoms. The maximum Gasteiger partial charge on any atom is 0.224 e. The van der Waals surface area contributed by atoms with Crippen molar-refractivity contribution in [2.45, 2.75) is 32.6 Å². The third kappa shape index (κ3) is 4.14. The molecule has 1 N–H and O–H groups in total. The Labute approximate surface area is 165 Å². The first-order valence-corrected chi connectivity index (χ1v) is 9.30. The van der Waals surface area contributed by atoms with E-state index in [-0.39, 0.29) is 17.7 Å². The van der Waals surface area contributed by atoms with Crippen LogP contribution in [0.2, 0.25) is 0 Å². The van der Waals surface area contributed by atoms with Gasteiger partial charge in [-0.3, -0.25) is 4.79 Å². The van der Waals surface area contributed by atoms with Crippen LogP contribution in [0.3, 0.4) is 0 Å². The summed E-state index contributed by atoms with van der Waals surface area (Å²) in [6.07, 6.45) is 1.96. The number of ether oxygens (including phenoxy) is 2. The molecule has 28 heavy (non-hydrogen) atoms. The van der Waals surface area contributed by atoms with Gasteiger partial charge in [0.1, 0.15) is 5.58 Å². The standard InChI is InChI=1S/C23H27NO4/c1-15-6-8-18-16(13-28-20(18)10-15)11-22(25)24-14-23(2,3)17-7-9-19(26-4)21(12-17)27-5/h6-10,12-13H,11,14H2,1-5H3,(H,24,25). The number of furan rings is 1. The summed E-state index contributed by atoms with van der Waals surface area (Å²) >= 11 is 0. The average molecular weight is 381 g/mol. The normalized spacial score (nSPS) is 11.5. The molecule has 1 amide bonds. The maximum atomic E-state index is 12.5. The van der Waals surface area contributed by atoms with E-state index in [4.69, 9.17) is 13.9 Å². The summed E-state index contributed by atoms with van der Waals surface area (Å²) in [7, 11) is 3.23. The van der Waals surface area contributed by atoms with Crippen molar-refractivity contribution >= 4 is 16.9 Å². The summed E-state index contributed by atoms with van der Waals surface area (Å²) < 4.78 is 16.3. The van der Waals surface area contributed by atoms with E-state index in [2.05, 4.69) is 19.2 Å². The highest BCUT2D eigenvalue weighted by molar-refractivity contribution is 5.88. The Balaban J connectivity index is 1.67. The Kier molecular flexibility index (Phi) is 5.63. The Hall–Kier alpha value is -2.95. The molecule has 0 saturated heterocycles. The second-order valence-electron chi connectivity index (χ2n) is 7.67. The summed E-state index contributed by atoms with van der Waals surface area (Å²) in [5.74, 6) is 1.34. The summed E-state index contributed by atoms with van der Waals surface area (Å²) in [4.78, 5) is 12.5. The highest BCUT2D eigenvalue weighted by Crippen LogP contribution is 2.33. The predicted molar refractivity (Wildman–Crippen MR) is 110 cm³/mol. The van der Waals surface area contributed by atoms with Gasteiger partial charge < -0.3 is 19.2 Å². The van der Waals surface area contributed by atoms with Gasteiger partial charge in [-0.25, -0.2) is 0 Å². The van der Waals surface area contributed by atoms with Gasteiger partial charge >= 0.3 is 0 Å². The molecule has 0 atom stereocenters. The number of aryl methyl sites for hydroxylation is 1. The van der Waals surface area contributed by atoms with Gasteiger partial charge in [-0.2, -0.15) is 0 Å². The molecule has 1 aromatic heterocycles. The van der Waals surface area contributed by atoms with E-state index in [0.29, 0.717) is 18.0 Å². The molecule has 3 rings (SSSR count). The minimum absolute atomic E-state index is 0.0307. The highest BCUT2D eigenvalue weighted by Gasteiger charge is 2.23. The molecule has 0 aliphatic heterocycles. The summed E-state index contributed by atoms with van der Waals surface area (Å²) in [5.41, 5.74) is 3.65. The van der Waals surface area contributed by atoms with Crippen LogP contribution in [0, 0.1) is 6.92 Å². The molecule has 5 heteroatoms. The van der Waals surface area contributed by atoms with Crippen LogP contribution in [0.5, 0.6) is 11.5 Å². The molecule has 148 valence electrons. The Morgan fingerprint density at radius 2 is 1.82 bits per heavy atom. The first-order valence-electron chi connectivity index (χ1n) is 9.30. The van der Waals surface area contributed by atoms with E-state index >= 15 is 0 Å². The molecule has 1 heterocycles. The predicted octanol–water partition coefficient (Wildman–Crippen LogP) is 4.39. The smallest absolute Gasteiger partial charge is 0.224 e. The van der Waals surface area contributed by atoms with Crippen molar-refractivity contribution < 1.29 is 18.7 Å². The molecule has 0 aliphatic rings. The zero-order valence-electron chi connectivity index (χ0n) is 17.1. The Bertz CT molecular complexity index is 987. The first-order chi connectivity index (χ1) is 13.3. The van der Waals surface area contributed by atoms with Gasteiger partial charge in [-0.1, -0.05) is 32.0 Å². The SMILES string of the molecule is COc1ccc(C(C)(C)CNC(=O)Cc2coc3cc(C)ccc23)cc1OC. The Morgan fingerprint density at radius 3 is 2.54 bits per heavy atom. The zero-order chi connectivity index (χ0) is 20.3. The fraction of sp³-hybridized carbons (Fsp3) is 0.348. The van der Waals surface area contributed by atoms with Gasteiger partial charge in [-0.05, 0) is 36.2 Å². The van der Waals surface area contributed by atoms with E-state index in [1.807, 2.05) is 43.3 Å². The minimum atomic E-state index is -0.259. The van der Waals surface area contributed by atoms with E-state index in [1.165, 1.54) is 0 Å². The monoisotopic (exact) mass is 381 g/mol. The molecule has 0 fully saturated rings. The van der Waals surface area contributed by atoms with E-state index < -0.39 is 0 Å². The molecule has 0 unspecified atom stereocenters. The molecule has 5 nitrogen and oxygen atoms in total. The van der Waals surface area contributed by atoms with E-state index in [0.717, 1.165) is 27.7 Å². The molecular formula is C23H27NO4. The molecular weight excluding hydrogens is 354 g/mol. The first kappa shape index (κ1) is 19.8. The van der Waals surface area contributed by atoms with Crippen LogP contribution in [0.4, 0.5) is 0 Å². The largest absolute Gasteiger partial charge is 0.493 e. The maximum absolute atomic E-state index is 12.5. The lowest BCUT2D eigenvalue weighted by Gasteiger charge is -2.26. The van der Waals surface area contributed by atoms with Crippen LogP contribution in [0.25, 0.3) is 11.0 Å². The minimum Gasteiger partial charge on any atom is -0.493 e. The van der Waals surface area contributed by atoms with Gasteiger partial charge in [-0.15, -0.1) is 0 Å². The fourth-order valence-corrected chi connectivity index (χ4v) is 3.24. The van der Waals surface area contributed by atoms with E-state index in [1.54, 1.807) is 20.5 Å². The molecule has 0 radical (unpaired) electrons. The highest BCUT2D eigenvalue weighted by atomic mass is 16.5. The van der Waals surface area contributed by atoms with Crippen molar-refractivity contribution in [2.24, 2.45) is 0 Å². The van der Waals surface area contributed by atoms with Crippen molar-refractivity contribution in [3.05, 3.63) is 59.4 Å². The number of carbonyl (C=O) groups is 1. The number of hydrogen-bond acceptors (Lipinski definition) is 4. The summed E-state index contributed by atoms with van der Waals surface area (Å²) in [6, 6.07) is 11.9. The van der Waals surface area contributed by atoms with Crippen molar-refractivity contribution in [1.29, 1.82) is 0 Å². The quantitative estimate of drug-likeness (QED) is 0.659. The average Bonchev–Trinajstić information content (AvgIpc) is 3.07. The van der Waals surface area contributed by atoms with Crippen molar-refractivity contribution in [3.8, 4) is 11.5 Å². The number of hydrogen-bond donors (Lipinski definition) is 1. The van der Waals surface area contributed by atoms with E-state index in [9.17, 15) is 4.79 Å². The number of amides is 1. The zero-order valence-corrected chi connectivity index (χ0v) is 17.1. The molecule has 3 aromatic rings. The fourth-order valence-electron chi connectivity index (χ4n) is 3.24. The summed E-state index contributed by atoms with van der Waals surface area (Å²) in [6.45, 7) is 6.70. The Morgan fingerprint density at radius 1 is 1.07 bits per heavy atom. The van der Waals surface area contributed by atoms with Crippen LogP contribution in [-0.4, -0.2) is 26.7 Å². The van der Waals surface area contributed by atoms with Crippen molar-refractivity contribution in [2.75, 3.05) is 20.8 Å². The van der Waals surface area contributed by atoms with Crippen LogP contribution < -0.4 is 14.8 Å². The molecule has 0 saturated carbocycles. The third-order valence-electron chi connectivity index (χ3n) is 5.05. The molecule has 2 aromatic carbocycles. The lowest BCUT2D eigenvalue weighted by atomic mass is 9.84. The van der Waals surface area contributed by atoms with Gasteiger partial charge in [0.05, 0.1) is 26.9 Å². The van der Waals surface area contributed by atoms with Crippen LogP contribution >= 0.6 is 0 Å². The lowest BCUT2D eigenvalue weighted by molar-refractivity contribution is -0.120. The van der Waals surface area contributed by atoms with Crippen LogP contribution in [0.15, 0.2) is 47.1 Å². The second-order valence-corrected chi connectivity index (χ2v) is 7.67. The number of carbonyl (C=O) groups excluding carboxylic acids is 1. The van der Waals surface area contributed by atoms with Crippen LogP contribution in [-0.2, 0) is 16.6 Å². The van der Waals surface area contributed by atoms with Crippen molar-refractivity contribution in [1.82, 2.24) is 5.32 Å². The summed E-state index contributed by atoms with van der Waals surface area (Å²) in [5, 5.41) is 4.04. The third-order valence-corrected chi connectivity index (χ3v) is 5.05. The lowest BCUT2D eigenvalue weighted by Crippen LogP contribution is -2.37. The molecule has 0 aliphatic carbocycles. The van der Waals surface area contributed by atoms with Gasteiger partial charge in [0.2, 0.25) is 5.91 Å². The topological polar surface area (TPSA) is 60.7 Å². The van der Waals surface area contributed by atoms with Crippen molar-refractivity contribution in [3.63, 3.8) is 0 Å². The number of methoxy groups -OCH3 is 2. The number of nitrogens with one attached hydrogen (secondary N) is 1. The van der Waals surface area contributed by atoms with Crippen LogP contribution in [0.1, 0.15) is 30.5 Å². The number of benzene rings is 2. The van der Waals surface area contributed by atoms with Gasteiger partial charge in [0, 0.05) is 22.9 Å². The van der Waals surface area contributed by atoms with Gasteiger partial charge in [0.25, 0.3) is 0 Å². The van der Waals surface area contributed by atoms with Gasteiger partial charge in [0.15, 0.2) is 11.5 Å². The number of rotatable bonds is 7. The molecule has 0 bridgehead atoms. The second kappa shape index (κ2) is 7.97.